The summed E-state index contributed by atoms with van der Waals surface area (Å²) in [6.07, 6.45) is 2.32. The molecule has 0 atom stereocenters. The van der Waals surface area contributed by atoms with Gasteiger partial charge in [0.05, 0.1) is 6.42 Å². The molecular formula is C17H17BrN2O. The van der Waals surface area contributed by atoms with E-state index in [0.29, 0.717) is 6.42 Å². The van der Waals surface area contributed by atoms with Crippen LogP contribution in [0.15, 0.2) is 46.9 Å². The summed E-state index contributed by atoms with van der Waals surface area (Å²) in [5.41, 5.74) is 9.91. The molecule has 0 saturated heterocycles. The number of amides is 1. The molecule has 0 unspecified atom stereocenters. The topological polar surface area (TPSA) is 46.3 Å². The second kappa shape index (κ2) is 5.90. The van der Waals surface area contributed by atoms with Crippen molar-refractivity contribution in [2.45, 2.75) is 19.3 Å². The van der Waals surface area contributed by atoms with Gasteiger partial charge in [-0.1, -0.05) is 34.1 Å². The standard InChI is InChI=1S/C17H17BrN2O/c18-13-5-1-4-12(10-13)11-17(21)20-9-3-6-14-15(19)7-2-8-16(14)20/h1-2,4-5,7-8,10H,3,6,9,11,19H2. The van der Waals surface area contributed by atoms with E-state index in [2.05, 4.69) is 15.9 Å². The number of nitrogens with zero attached hydrogens (tertiary/aromatic N) is 1. The second-order valence-electron chi connectivity index (χ2n) is 5.30. The van der Waals surface area contributed by atoms with Gasteiger partial charge in [-0.2, -0.15) is 0 Å². The van der Waals surface area contributed by atoms with Crippen molar-refractivity contribution in [3.8, 4) is 0 Å². The summed E-state index contributed by atoms with van der Waals surface area (Å²) in [5, 5.41) is 0. The fraction of sp³-hybridized carbons (Fsp3) is 0.235. The van der Waals surface area contributed by atoms with E-state index < -0.39 is 0 Å². The average Bonchev–Trinajstić information content (AvgIpc) is 2.47. The number of nitrogens with two attached hydrogens (primary N) is 1. The first-order valence-electron chi connectivity index (χ1n) is 7.07. The van der Waals surface area contributed by atoms with Crippen LogP contribution in [0.3, 0.4) is 0 Å². The number of fused-ring (bicyclic) bond motifs is 1. The van der Waals surface area contributed by atoms with Crippen LogP contribution in [0.1, 0.15) is 17.5 Å². The van der Waals surface area contributed by atoms with Crippen molar-refractivity contribution in [3.05, 3.63) is 58.1 Å². The highest BCUT2D eigenvalue weighted by molar-refractivity contribution is 9.10. The Hall–Kier alpha value is -1.81. The van der Waals surface area contributed by atoms with Gasteiger partial charge in [-0.25, -0.2) is 0 Å². The van der Waals surface area contributed by atoms with Crippen molar-refractivity contribution >= 4 is 33.2 Å². The Morgan fingerprint density at radius 3 is 2.86 bits per heavy atom. The summed E-state index contributed by atoms with van der Waals surface area (Å²) in [6, 6.07) is 13.7. The van der Waals surface area contributed by atoms with Gasteiger partial charge in [-0.3, -0.25) is 4.79 Å². The van der Waals surface area contributed by atoms with Crippen LogP contribution >= 0.6 is 15.9 Å². The highest BCUT2D eigenvalue weighted by Gasteiger charge is 2.23. The third-order valence-electron chi connectivity index (χ3n) is 3.83. The van der Waals surface area contributed by atoms with Crippen molar-refractivity contribution in [2.24, 2.45) is 0 Å². The Morgan fingerprint density at radius 1 is 1.24 bits per heavy atom. The monoisotopic (exact) mass is 344 g/mol. The molecule has 1 aliphatic rings. The number of hydrogen-bond acceptors (Lipinski definition) is 2. The van der Waals surface area contributed by atoms with Crippen molar-refractivity contribution in [1.29, 1.82) is 0 Å². The maximum atomic E-state index is 12.6. The van der Waals surface area contributed by atoms with Crippen LogP contribution in [0.25, 0.3) is 0 Å². The molecule has 0 aliphatic carbocycles. The van der Waals surface area contributed by atoms with Crippen molar-refractivity contribution in [3.63, 3.8) is 0 Å². The van der Waals surface area contributed by atoms with Gasteiger partial charge in [0.2, 0.25) is 5.91 Å². The molecule has 3 nitrogen and oxygen atoms in total. The zero-order valence-corrected chi connectivity index (χ0v) is 13.3. The molecule has 0 fully saturated rings. The molecule has 2 aromatic carbocycles. The molecule has 21 heavy (non-hydrogen) atoms. The first-order chi connectivity index (χ1) is 10.1. The van der Waals surface area contributed by atoms with E-state index in [0.717, 1.165) is 46.4 Å². The summed E-state index contributed by atoms with van der Waals surface area (Å²) >= 11 is 3.44. The minimum Gasteiger partial charge on any atom is -0.398 e. The van der Waals surface area contributed by atoms with E-state index in [1.165, 1.54) is 0 Å². The van der Waals surface area contributed by atoms with Gasteiger partial charge in [0.25, 0.3) is 0 Å². The molecule has 1 aliphatic heterocycles. The smallest absolute Gasteiger partial charge is 0.231 e. The fourth-order valence-corrected chi connectivity index (χ4v) is 3.27. The fourth-order valence-electron chi connectivity index (χ4n) is 2.83. The lowest BCUT2D eigenvalue weighted by atomic mass is 9.99. The molecule has 1 amide bonds. The normalized spacial score (nSPS) is 13.9. The van der Waals surface area contributed by atoms with Gasteiger partial charge in [0, 0.05) is 22.4 Å². The van der Waals surface area contributed by atoms with Crippen LogP contribution in [0.5, 0.6) is 0 Å². The number of nitrogen functional groups attached to an aromatic ring is 1. The molecule has 4 heteroatoms. The zero-order valence-electron chi connectivity index (χ0n) is 11.7. The lowest BCUT2D eigenvalue weighted by molar-refractivity contribution is -0.118. The third kappa shape index (κ3) is 2.95. The number of anilines is 2. The highest BCUT2D eigenvalue weighted by atomic mass is 79.9. The zero-order chi connectivity index (χ0) is 14.8. The second-order valence-corrected chi connectivity index (χ2v) is 6.22. The minimum absolute atomic E-state index is 0.125. The molecule has 0 spiro atoms. The number of halogens is 1. The van der Waals surface area contributed by atoms with E-state index in [-0.39, 0.29) is 5.91 Å². The highest BCUT2D eigenvalue weighted by Crippen LogP contribution is 2.31. The number of carbonyl (C=O) groups is 1. The van der Waals surface area contributed by atoms with Gasteiger partial charge in [-0.15, -0.1) is 0 Å². The largest absolute Gasteiger partial charge is 0.398 e. The minimum atomic E-state index is 0.125. The Balaban J connectivity index is 1.85. The van der Waals surface area contributed by atoms with Crippen molar-refractivity contribution in [1.82, 2.24) is 0 Å². The predicted octanol–water partition coefficient (Wildman–Crippen LogP) is 3.55. The summed E-state index contributed by atoms with van der Waals surface area (Å²) in [4.78, 5) is 14.5. The Bertz CT molecular complexity index is 684. The van der Waals surface area contributed by atoms with E-state index in [1.807, 2.05) is 47.4 Å². The third-order valence-corrected chi connectivity index (χ3v) is 4.33. The molecule has 2 aromatic rings. The van der Waals surface area contributed by atoms with Crippen molar-refractivity contribution < 1.29 is 4.79 Å². The Kier molecular flexibility index (Phi) is 3.97. The number of hydrogen-bond donors (Lipinski definition) is 1. The molecule has 0 aromatic heterocycles. The Labute approximate surface area is 132 Å². The average molecular weight is 345 g/mol. The van der Waals surface area contributed by atoms with Crippen molar-refractivity contribution in [2.75, 3.05) is 17.2 Å². The molecule has 0 bridgehead atoms. The number of benzene rings is 2. The van der Waals surface area contributed by atoms with Crippen LogP contribution in [-0.4, -0.2) is 12.5 Å². The Morgan fingerprint density at radius 2 is 2.05 bits per heavy atom. The van der Waals surface area contributed by atoms with Crippen LogP contribution in [0.2, 0.25) is 0 Å². The maximum absolute atomic E-state index is 12.6. The maximum Gasteiger partial charge on any atom is 0.231 e. The first kappa shape index (κ1) is 14.1. The summed E-state index contributed by atoms with van der Waals surface area (Å²) in [5.74, 6) is 0.125. The molecule has 3 rings (SSSR count). The molecule has 2 N–H and O–H groups in total. The lowest BCUT2D eigenvalue weighted by Crippen LogP contribution is -2.36. The van der Waals surface area contributed by atoms with E-state index >= 15 is 0 Å². The van der Waals surface area contributed by atoms with E-state index in [1.54, 1.807) is 0 Å². The molecule has 0 radical (unpaired) electrons. The van der Waals surface area contributed by atoms with Crippen LogP contribution in [0, 0.1) is 0 Å². The SMILES string of the molecule is Nc1cccc2c1CCCN2C(=O)Cc1cccc(Br)c1. The van der Waals surface area contributed by atoms with Crippen LogP contribution in [-0.2, 0) is 17.6 Å². The van der Waals surface area contributed by atoms with Crippen LogP contribution < -0.4 is 10.6 Å². The number of carbonyl (C=O) groups excluding carboxylic acids is 1. The summed E-state index contributed by atoms with van der Waals surface area (Å²) in [7, 11) is 0. The van der Waals surface area contributed by atoms with Gasteiger partial charge >= 0.3 is 0 Å². The van der Waals surface area contributed by atoms with Gasteiger partial charge in [0.1, 0.15) is 0 Å². The van der Waals surface area contributed by atoms with Gasteiger partial charge < -0.3 is 10.6 Å². The quantitative estimate of drug-likeness (QED) is 0.846. The van der Waals surface area contributed by atoms with E-state index in [9.17, 15) is 4.79 Å². The molecule has 0 saturated carbocycles. The predicted molar refractivity (Wildman–Crippen MR) is 89.4 cm³/mol. The molecular weight excluding hydrogens is 328 g/mol. The van der Waals surface area contributed by atoms with Gasteiger partial charge in [-0.05, 0) is 48.2 Å². The van der Waals surface area contributed by atoms with Crippen LogP contribution in [0.4, 0.5) is 11.4 Å². The van der Waals surface area contributed by atoms with E-state index in [4.69, 9.17) is 5.73 Å². The summed E-state index contributed by atoms with van der Waals surface area (Å²) < 4.78 is 0.996. The van der Waals surface area contributed by atoms with Gasteiger partial charge in [0.15, 0.2) is 0 Å². The number of rotatable bonds is 2. The first-order valence-corrected chi connectivity index (χ1v) is 7.86. The summed E-state index contributed by atoms with van der Waals surface area (Å²) in [6.45, 7) is 0.767. The molecule has 108 valence electrons. The lowest BCUT2D eigenvalue weighted by Gasteiger charge is -2.30. The molecule has 1 heterocycles.